The van der Waals surface area contributed by atoms with Gasteiger partial charge in [-0.05, 0) is 30.7 Å². The number of rotatable bonds is 3. The summed E-state index contributed by atoms with van der Waals surface area (Å²) in [5, 5.41) is 11.2. The molecule has 1 aliphatic rings. The van der Waals surface area contributed by atoms with Crippen LogP contribution in [0.15, 0.2) is 24.3 Å². The Morgan fingerprint density at radius 1 is 1.28 bits per heavy atom. The number of hydrogen-bond donors (Lipinski definition) is 1. The first kappa shape index (κ1) is 13.4. The van der Waals surface area contributed by atoms with Crippen LogP contribution in [0, 0.1) is 11.8 Å². The molecule has 100 valence electrons. The molecule has 0 heterocycles. The van der Waals surface area contributed by atoms with Crippen molar-refractivity contribution in [2.24, 2.45) is 11.8 Å². The molecule has 2 heteroatoms. The topological polar surface area (TPSA) is 29.5 Å². The normalized spacial score (nSPS) is 28.4. The summed E-state index contributed by atoms with van der Waals surface area (Å²) in [6, 6.07) is 7.90. The summed E-state index contributed by atoms with van der Waals surface area (Å²) in [6.07, 6.45) is 4.26. The maximum absolute atomic E-state index is 11.2. The highest BCUT2D eigenvalue weighted by Crippen LogP contribution is 2.47. The molecule has 1 aromatic carbocycles. The molecule has 0 aromatic heterocycles. The molecule has 1 N–H and O–H groups in total. The molecule has 2 rings (SSSR count). The van der Waals surface area contributed by atoms with Gasteiger partial charge in [0.1, 0.15) is 5.75 Å². The Bertz CT molecular complexity index is 400. The number of aliphatic hydroxyl groups is 1. The molecule has 1 fully saturated rings. The quantitative estimate of drug-likeness (QED) is 0.883. The van der Waals surface area contributed by atoms with Crippen LogP contribution in [0.25, 0.3) is 0 Å². The smallest absolute Gasteiger partial charge is 0.124 e. The van der Waals surface area contributed by atoms with Gasteiger partial charge in [0.15, 0.2) is 0 Å². The van der Waals surface area contributed by atoms with Crippen molar-refractivity contribution in [2.75, 3.05) is 7.11 Å². The van der Waals surface area contributed by atoms with Gasteiger partial charge in [0.05, 0.1) is 12.7 Å². The molecule has 2 unspecified atom stereocenters. The van der Waals surface area contributed by atoms with Gasteiger partial charge in [-0.1, -0.05) is 44.9 Å². The third kappa shape index (κ3) is 2.26. The van der Waals surface area contributed by atoms with E-state index in [-0.39, 0.29) is 0 Å². The molecule has 0 spiro atoms. The third-order valence-electron chi connectivity index (χ3n) is 4.31. The van der Waals surface area contributed by atoms with Crippen LogP contribution in [-0.2, 0) is 5.60 Å². The number of benzene rings is 1. The monoisotopic (exact) mass is 248 g/mol. The van der Waals surface area contributed by atoms with Gasteiger partial charge < -0.3 is 9.84 Å². The van der Waals surface area contributed by atoms with Gasteiger partial charge in [-0.25, -0.2) is 0 Å². The average Bonchev–Trinajstić information content (AvgIpc) is 2.38. The van der Waals surface area contributed by atoms with Crippen LogP contribution >= 0.6 is 0 Å². The molecule has 2 atom stereocenters. The Labute approximate surface area is 110 Å². The van der Waals surface area contributed by atoms with E-state index < -0.39 is 5.60 Å². The second-order valence-corrected chi connectivity index (χ2v) is 5.72. The van der Waals surface area contributed by atoms with Gasteiger partial charge in [-0.2, -0.15) is 0 Å². The first-order chi connectivity index (χ1) is 8.59. The van der Waals surface area contributed by atoms with Gasteiger partial charge in [-0.3, -0.25) is 0 Å². The summed E-state index contributed by atoms with van der Waals surface area (Å²) < 4.78 is 5.43. The van der Waals surface area contributed by atoms with Gasteiger partial charge >= 0.3 is 0 Å². The molecule has 0 amide bonds. The van der Waals surface area contributed by atoms with Crippen LogP contribution in [0.2, 0.25) is 0 Å². The van der Waals surface area contributed by atoms with Crippen molar-refractivity contribution in [1.82, 2.24) is 0 Å². The number of hydrogen-bond acceptors (Lipinski definition) is 2. The Balaban J connectivity index is 2.43. The van der Waals surface area contributed by atoms with Crippen LogP contribution < -0.4 is 4.74 Å². The fraction of sp³-hybridized carbons (Fsp3) is 0.625. The summed E-state index contributed by atoms with van der Waals surface area (Å²) in [4.78, 5) is 0. The predicted octanol–water partition coefficient (Wildman–Crippen LogP) is 3.73. The van der Waals surface area contributed by atoms with Gasteiger partial charge in [-0.15, -0.1) is 0 Å². The van der Waals surface area contributed by atoms with Gasteiger partial charge in [0.2, 0.25) is 0 Å². The summed E-state index contributed by atoms with van der Waals surface area (Å²) in [5.41, 5.74) is 0.241. The van der Waals surface area contributed by atoms with Crippen LogP contribution in [0.4, 0.5) is 0 Å². The highest BCUT2D eigenvalue weighted by molar-refractivity contribution is 5.38. The molecule has 1 aliphatic carbocycles. The molecule has 0 bridgehead atoms. The van der Waals surface area contributed by atoms with Crippen molar-refractivity contribution in [3.05, 3.63) is 29.8 Å². The lowest BCUT2D eigenvalue weighted by atomic mass is 9.67. The Hall–Kier alpha value is -1.02. The Morgan fingerprint density at radius 3 is 2.67 bits per heavy atom. The minimum absolute atomic E-state index is 0.322. The molecule has 0 saturated heterocycles. The lowest BCUT2D eigenvalue weighted by molar-refractivity contribution is -0.0734. The summed E-state index contributed by atoms with van der Waals surface area (Å²) in [7, 11) is 1.68. The molecule has 0 aliphatic heterocycles. The van der Waals surface area contributed by atoms with Gasteiger partial charge in [0.25, 0.3) is 0 Å². The molecule has 1 saturated carbocycles. The first-order valence-electron chi connectivity index (χ1n) is 6.95. The van der Waals surface area contributed by atoms with E-state index in [0.717, 1.165) is 30.6 Å². The molecular formula is C16H24O2. The minimum atomic E-state index is -0.723. The van der Waals surface area contributed by atoms with E-state index in [4.69, 9.17) is 4.74 Å². The Morgan fingerprint density at radius 2 is 2.00 bits per heavy atom. The second-order valence-electron chi connectivity index (χ2n) is 5.72. The third-order valence-corrected chi connectivity index (χ3v) is 4.31. The average molecular weight is 248 g/mol. The van der Waals surface area contributed by atoms with Crippen molar-refractivity contribution < 1.29 is 9.84 Å². The lowest BCUT2D eigenvalue weighted by Gasteiger charge is -2.43. The number of methoxy groups -OCH3 is 1. The van der Waals surface area contributed by atoms with Crippen molar-refractivity contribution in [3.63, 3.8) is 0 Å². The molecule has 2 nitrogen and oxygen atoms in total. The van der Waals surface area contributed by atoms with E-state index in [2.05, 4.69) is 13.8 Å². The van der Waals surface area contributed by atoms with Crippen LogP contribution in [0.5, 0.6) is 5.75 Å². The molecule has 0 radical (unpaired) electrons. The Kier molecular flexibility index (Phi) is 3.96. The van der Waals surface area contributed by atoms with Gasteiger partial charge in [0, 0.05) is 5.56 Å². The molecule has 1 aromatic rings. The highest BCUT2D eigenvalue weighted by atomic mass is 16.5. The van der Waals surface area contributed by atoms with E-state index in [1.807, 2.05) is 24.3 Å². The van der Waals surface area contributed by atoms with E-state index in [9.17, 15) is 5.11 Å². The maximum Gasteiger partial charge on any atom is 0.124 e. The highest BCUT2D eigenvalue weighted by Gasteiger charge is 2.43. The van der Waals surface area contributed by atoms with E-state index >= 15 is 0 Å². The minimum Gasteiger partial charge on any atom is -0.496 e. The fourth-order valence-electron chi connectivity index (χ4n) is 3.40. The van der Waals surface area contributed by atoms with Crippen molar-refractivity contribution in [3.8, 4) is 5.75 Å². The SMILES string of the molecule is COc1ccccc1C1(O)CCCCC1C(C)C. The first-order valence-corrected chi connectivity index (χ1v) is 6.95. The number of para-hydroxylation sites is 1. The van der Waals surface area contributed by atoms with Crippen LogP contribution in [0.3, 0.4) is 0 Å². The standard InChI is InChI=1S/C16H24O2/c1-12(2)13-8-6-7-11-16(13,17)14-9-4-5-10-15(14)18-3/h4-5,9-10,12-13,17H,6-8,11H2,1-3H3. The van der Waals surface area contributed by atoms with Crippen molar-refractivity contribution in [2.45, 2.75) is 45.1 Å². The van der Waals surface area contributed by atoms with E-state index in [1.54, 1.807) is 7.11 Å². The predicted molar refractivity (Wildman–Crippen MR) is 73.7 cm³/mol. The molecular weight excluding hydrogens is 224 g/mol. The van der Waals surface area contributed by atoms with Crippen molar-refractivity contribution >= 4 is 0 Å². The van der Waals surface area contributed by atoms with E-state index in [0.29, 0.717) is 11.8 Å². The van der Waals surface area contributed by atoms with Crippen LogP contribution in [-0.4, -0.2) is 12.2 Å². The van der Waals surface area contributed by atoms with E-state index in [1.165, 1.54) is 6.42 Å². The largest absolute Gasteiger partial charge is 0.496 e. The zero-order valence-corrected chi connectivity index (χ0v) is 11.6. The number of ether oxygens (including phenoxy) is 1. The second kappa shape index (κ2) is 5.31. The van der Waals surface area contributed by atoms with Crippen LogP contribution in [0.1, 0.15) is 45.1 Å². The molecule has 18 heavy (non-hydrogen) atoms. The lowest BCUT2D eigenvalue weighted by Crippen LogP contribution is -2.41. The summed E-state index contributed by atoms with van der Waals surface area (Å²) in [5.74, 6) is 1.62. The maximum atomic E-state index is 11.2. The summed E-state index contributed by atoms with van der Waals surface area (Å²) in [6.45, 7) is 4.41. The zero-order chi connectivity index (χ0) is 13.2. The fourth-order valence-corrected chi connectivity index (χ4v) is 3.40. The summed E-state index contributed by atoms with van der Waals surface area (Å²) >= 11 is 0. The zero-order valence-electron chi connectivity index (χ0n) is 11.6. The van der Waals surface area contributed by atoms with Crippen molar-refractivity contribution in [1.29, 1.82) is 0 Å².